The lowest BCUT2D eigenvalue weighted by atomic mass is 9.32. The first kappa shape index (κ1) is 42.9. The van der Waals surface area contributed by atoms with Crippen molar-refractivity contribution in [3.8, 4) is 0 Å². The molecule has 0 saturated heterocycles. The van der Waals surface area contributed by atoms with E-state index in [2.05, 4.69) is 58.8 Å². The van der Waals surface area contributed by atoms with E-state index in [1.807, 2.05) is 6.07 Å². The summed E-state index contributed by atoms with van der Waals surface area (Å²) in [6, 6.07) is 7.17. The van der Waals surface area contributed by atoms with Crippen LogP contribution in [0.1, 0.15) is 148 Å². The summed E-state index contributed by atoms with van der Waals surface area (Å²) in [6.07, 6.45) is 9.15. The van der Waals surface area contributed by atoms with Crippen LogP contribution < -0.4 is 10.6 Å². The minimum atomic E-state index is -1.18. The number of amides is 2. The minimum Gasteiger partial charge on any atom is -0.481 e. The first-order valence-electron chi connectivity index (χ1n) is 21.5. The molecule has 314 valence electrons. The number of ether oxygens (including phenoxy) is 1. The molecule has 2 amide bonds. The van der Waals surface area contributed by atoms with Crippen LogP contribution in [0, 0.1) is 62.1 Å². The zero-order chi connectivity index (χ0) is 41.9. The monoisotopic (exact) mass is 788 g/mol. The summed E-state index contributed by atoms with van der Waals surface area (Å²) in [4.78, 5) is 63.2. The van der Waals surface area contributed by atoms with Crippen molar-refractivity contribution in [3.63, 3.8) is 0 Å². The highest BCUT2D eigenvalue weighted by Crippen LogP contribution is 2.77. The maximum absolute atomic E-state index is 14.7. The van der Waals surface area contributed by atoms with Gasteiger partial charge in [0.15, 0.2) is 0 Å². The molecule has 6 rings (SSSR count). The topological polar surface area (TPSA) is 159 Å². The van der Waals surface area contributed by atoms with Gasteiger partial charge in [0.05, 0.1) is 23.7 Å². The second-order valence-corrected chi connectivity index (χ2v) is 20.8. The third-order valence-corrected chi connectivity index (χ3v) is 17.2. The lowest BCUT2D eigenvalue weighted by molar-refractivity contribution is -0.249. The first-order chi connectivity index (χ1) is 26.5. The van der Waals surface area contributed by atoms with Gasteiger partial charge in [-0.05, 0) is 149 Å². The predicted octanol–water partition coefficient (Wildman–Crippen LogP) is 8.58. The van der Waals surface area contributed by atoms with Gasteiger partial charge >= 0.3 is 17.9 Å². The van der Waals surface area contributed by atoms with Crippen molar-refractivity contribution in [2.75, 3.05) is 6.54 Å². The average Bonchev–Trinajstić information content (AvgIpc) is 3.53. The first-order valence-corrected chi connectivity index (χ1v) is 21.5. The van der Waals surface area contributed by atoms with Crippen molar-refractivity contribution in [1.29, 1.82) is 0 Å². The van der Waals surface area contributed by atoms with Crippen LogP contribution in [0.4, 0.5) is 0 Å². The fourth-order valence-corrected chi connectivity index (χ4v) is 13.9. The SMILES string of the molecule is C=C(C)[C@@H]1CC[C@]2(C(=O)NCc3cccc(C(=O)NCCC(=O)O)c3)CC[C@]3(C)[C@H](CC[C@@H]4[C@@]5(C)CC[C@H](OC(=O)CC(C)(C)C(=O)O)C(C)(C)[C@@H]5CC[C@]43C)[C@@H]12. The fourth-order valence-electron chi connectivity index (χ4n) is 13.9. The van der Waals surface area contributed by atoms with E-state index in [9.17, 15) is 29.1 Å². The molecule has 10 nitrogen and oxygen atoms in total. The van der Waals surface area contributed by atoms with Gasteiger partial charge in [-0.15, -0.1) is 0 Å². The standard InChI is InChI=1S/C47H68N2O8/c1-28(2)31-15-21-47(40(54)49-27-29-11-10-12-30(25-29)39(53)48-24-18-36(50)51)23-22-45(8)32(38(31)47)13-14-34-44(7)19-17-35(57-37(52)26-42(3,4)41(55)56)43(5,6)33(44)16-20-46(34,45)9/h10-12,25,31-35,38H,1,13-24,26-27H2,2-9H3,(H,48,53)(H,49,54)(H,50,51)(H,55,56)/t31-,32+,33-,34+,35-,38+,44-,45+,46+,47-/m0/s1. The van der Waals surface area contributed by atoms with E-state index in [1.54, 1.807) is 32.0 Å². The maximum Gasteiger partial charge on any atom is 0.309 e. The lowest BCUT2D eigenvalue weighted by Gasteiger charge is -2.72. The molecule has 57 heavy (non-hydrogen) atoms. The molecule has 0 bridgehead atoms. The number of nitrogens with one attached hydrogen (secondary N) is 2. The number of carboxylic acids is 2. The number of rotatable bonds is 12. The van der Waals surface area contributed by atoms with Crippen molar-refractivity contribution in [1.82, 2.24) is 10.6 Å². The van der Waals surface area contributed by atoms with Crippen LogP contribution in [0.2, 0.25) is 0 Å². The van der Waals surface area contributed by atoms with Crippen LogP contribution in [0.15, 0.2) is 36.4 Å². The molecule has 5 aliphatic carbocycles. The molecule has 0 radical (unpaired) electrons. The van der Waals surface area contributed by atoms with E-state index < -0.39 is 28.7 Å². The molecule has 5 fully saturated rings. The van der Waals surface area contributed by atoms with Gasteiger partial charge in [0.2, 0.25) is 5.91 Å². The molecule has 10 heteroatoms. The van der Waals surface area contributed by atoms with Crippen LogP contribution in [0.25, 0.3) is 0 Å². The number of carbonyl (C=O) groups is 5. The Balaban J connectivity index is 1.20. The zero-order valence-corrected chi connectivity index (χ0v) is 35.7. The van der Waals surface area contributed by atoms with E-state index in [4.69, 9.17) is 9.84 Å². The van der Waals surface area contributed by atoms with Crippen LogP contribution in [-0.4, -0.2) is 52.6 Å². The van der Waals surface area contributed by atoms with Crippen molar-refractivity contribution >= 4 is 29.7 Å². The highest BCUT2D eigenvalue weighted by Gasteiger charge is 2.72. The molecule has 1 aromatic carbocycles. The fraction of sp³-hybridized carbons (Fsp3) is 0.723. The Bertz CT molecular complexity index is 1800. The predicted molar refractivity (Wildman–Crippen MR) is 218 cm³/mol. The van der Waals surface area contributed by atoms with Crippen molar-refractivity contribution in [2.45, 2.75) is 145 Å². The minimum absolute atomic E-state index is 0.0363. The largest absolute Gasteiger partial charge is 0.481 e. The van der Waals surface area contributed by atoms with Crippen LogP contribution in [-0.2, 0) is 30.5 Å². The molecule has 0 aliphatic heterocycles. The Hall–Kier alpha value is -3.69. The van der Waals surface area contributed by atoms with E-state index in [1.165, 1.54) is 5.57 Å². The summed E-state index contributed by atoms with van der Waals surface area (Å²) in [7, 11) is 0. The molecule has 0 heterocycles. The van der Waals surface area contributed by atoms with Gasteiger partial charge in [0, 0.05) is 24.1 Å². The number of aliphatic carboxylic acids is 2. The Morgan fingerprint density at radius 2 is 1.58 bits per heavy atom. The van der Waals surface area contributed by atoms with Crippen molar-refractivity contribution in [2.24, 2.45) is 62.1 Å². The Labute approximate surface area is 339 Å². The molecular weight excluding hydrogens is 721 g/mol. The highest BCUT2D eigenvalue weighted by molar-refractivity contribution is 5.94. The van der Waals surface area contributed by atoms with E-state index >= 15 is 0 Å². The highest BCUT2D eigenvalue weighted by atomic mass is 16.5. The van der Waals surface area contributed by atoms with Crippen LogP contribution >= 0.6 is 0 Å². The number of allylic oxidation sites excluding steroid dienone is 1. The summed E-state index contributed by atoms with van der Waals surface area (Å²) in [5.41, 5.74) is 0.687. The van der Waals surface area contributed by atoms with Gasteiger partial charge in [0.1, 0.15) is 6.10 Å². The Kier molecular flexibility index (Phi) is 11.4. The number of esters is 1. The molecule has 4 N–H and O–H groups in total. The Morgan fingerprint density at radius 1 is 0.860 bits per heavy atom. The van der Waals surface area contributed by atoms with Gasteiger partial charge in [-0.3, -0.25) is 24.0 Å². The summed E-state index contributed by atoms with van der Waals surface area (Å²) in [5.74, 6) is -0.915. The van der Waals surface area contributed by atoms with Crippen molar-refractivity contribution < 1.29 is 38.9 Å². The summed E-state index contributed by atoms with van der Waals surface area (Å²) < 4.78 is 6.17. The van der Waals surface area contributed by atoms with Crippen molar-refractivity contribution in [3.05, 3.63) is 47.5 Å². The smallest absolute Gasteiger partial charge is 0.309 e. The van der Waals surface area contributed by atoms with E-state index in [-0.39, 0.29) is 70.8 Å². The van der Waals surface area contributed by atoms with Gasteiger partial charge in [-0.25, -0.2) is 0 Å². The number of carbonyl (C=O) groups excluding carboxylic acids is 3. The quantitative estimate of drug-likeness (QED) is 0.121. The zero-order valence-electron chi connectivity index (χ0n) is 35.7. The third kappa shape index (κ3) is 7.23. The molecule has 0 spiro atoms. The molecule has 10 atom stereocenters. The third-order valence-electron chi connectivity index (χ3n) is 17.2. The van der Waals surface area contributed by atoms with Gasteiger partial charge in [0.25, 0.3) is 5.91 Å². The summed E-state index contributed by atoms with van der Waals surface area (Å²) in [5, 5.41) is 24.6. The van der Waals surface area contributed by atoms with E-state index in [0.717, 1.165) is 69.8 Å². The number of hydrogen-bond acceptors (Lipinski definition) is 6. The van der Waals surface area contributed by atoms with Gasteiger partial charge in [-0.1, -0.05) is 58.9 Å². The van der Waals surface area contributed by atoms with E-state index in [0.29, 0.717) is 29.9 Å². The molecule has 0 unspecified atom stereocenters. The molecular formula is C47H68N2O8. The Morgan fingerprint density at radius 3 is 2.25 bits per heavy atom. The van der Waals surface area contributed by atoms with Gasteiger partial charge in [-0.2, -0.15) is 0 Å². The molecule has 5 saturated carbocycles. The molecule has 5 aliphatic rings. The normalized spacial score (nSPS) is 36.6. The second kappa shape index (κ2) is 15.2. The van der Waals surface area contributed by atoms with Crippen LogP contribution in [0.3, 0.4) is 0 Å². The number of carboxylic acid groups (broad SMARTS) is 2. The molecule has 0 aromatic heterocycles. The number of fused-ring (bicyclic) bond motifs is 7. The molecule has 1 aromatic rings. The average molecular weight is 789 g/mol. The summed E-state index contributed by atoms with van der Waals surface area (Å²) >= 11 is 0. The number of benzene rings is 1. The summed E-state index contributed by atoms with van der Waals surface area (Å²) in [6.45, 7) is 22.3. The van der Waals surface area contributed by atoms with Gasteiger partial charge < -0.3 is 25.6 Å². The van der Waals surface area contributed by atoms with Crippen LogP contribution in [0.5, 0.6) is 0 Å². The second-order valence-electron chi connectivity index (χ2n) is 20.8. The lowest BCUT2D eigenvalue weighted by Crippen LogP contribution is -2.67. The number of hydrogen-bond donors (Lipinski definition) is 4. The maximum atomic E-state index is 14.7.